The van der Waals surface area contributed by atoms with E-state index in [2.05, 4.69) is 13.8 Å². The van der Waals surface area contributed by atoms with E-state index in [9.17, 15) is 4.79 Å². The molecule has 1 atom stereocenters. The third-order valence-corrected chi connectivity index (χ3v) is 2.29. The molecule has 3 heteroatoms. The SMILES string of the molecule is CC(C)C1CC(=CC(=O)O)CCO1. The number of carboxylic acid groups (broad SMARTS) is 1. The van der Waals surface area contributed by atoms with Gasteiger partial charge in [0.25, 0.3) is 0 Å². The summed E-state index contributed by atoms with van der Waals surface area (Å²) in [5, 5.41) is 8.57. The van der Waals surface area contributed by atoms with E-state index in [1.165, 1.54) is 6.08 Å². The monoisotopic (exact) mass is 184 g/mol. The van der Waals surface area contributed by atoms with Crippen LogP contribution in [0, 0.1) is 5.92 Å². The summed E-state index contributed by atoms with van der Waals surface area (Å²) in [5.74, 6) is -0.392. The highest BCUT2D eigenvalue weighted by Gasteiger charge is 2.20. The molecule has 0 aromatic carbocycles. The number of hydrogen-bond acceptors (Lipinski definition) is 2. The minimum Gasteiger partial charge on any atom is -0.478 e. The smallest absolute Gasteiger partial charge is 0.328 e. The van der Waals surface area contributed by atoms with Crippen molar-refractivity contribution in [2.75, 3.05) is 6.61 Å². The number of rotatable bonds is 2. The standard InChI is InChI=1S/C10H16O3/c1-7(2)9-5-8(3-4-13-9)6-10(11)12/h6-7,9H,3-5H2,1-2H3,(H,11,12). The third kappa shape index (κ3) is 3.19. The van der Waals surface area contributed by atoms with Gasteiger partial charge in [-0.25, -0.2) is 4.79 Å². The average molecular weight is 184 g/mol. The lowest BCUT2D eigenvalue weighted by molar-refractivity contribution is -0.131. The van der Waals surface area contributed by atoms with Crippen LogP contribution in [0.25, 0.3) is 0 Å². The second-order valence-corrected chi connectivity index (χ2v) is 3.75. The van der Waals surface area contributed by atoms with E-state index in [4.69, 9.17) is 9.84 Å². The molecule has 0 bridgehead atoms. The fourth-order valence-corrected chi connectivity index (χ4v) is 1.49. The Morgan fingerprint density at radius 3 is 2.92 bits per heavy atom. The number of ether oxygens (including phenoxy) is 1. The summed E-state index contributed by atoms with van der Waals surface area (Å²) in [5.41, 5.74) is 0.998. The van der Waals surface area contributed by atoms with Crippen molar-refractivity contribution in [3.8, 4) is 0 Å². The van der Waals surface area contributed by atoms with E-state index < -0.39 is 5.97 Å². The summed E-state index contributed by atoms with van der Waals surface area (Å²) in [6.07, 6.45) is 3.04. The molecule has 1 aliphatic heterocycles. The number of carboxylic acids is 1. The molecule has 0 spiro atoms. The van der Waals surface area contributed by atoms with E-state index in [-0.39, 0.29) is 6.10 Å². The maximum Gasteiger partial charge on any atom is 0.328 e. The predicted molar refractivity (Wildman–Crippen MR) is 49.5 cm³/mol. The first-order chi connectivity index (χ1) is 6.09. The van der Waals surface area contributed by atoms with Gasteiger partial charge in [0, 0.05) is 6.08 Å². The summed E-state index contributed by atoms with van der Waals surface area (Å²) in [4.78, 5) is 10.4. The second kappa shape index (κ2) is 4.42. The molecular formula is C10H16O3. The Morgan fingerprint density at radius 2 is 2.38 bits per heavy atom. The molecule has 0 aromatic rings. The zero-order chi connectivity index (χ0) is 9.84. The quantitative estimate of drug-likeness (QED) is 0.666. The van der Waals surface area contributed by atoms with Gasteiger partial charge in [-0.05, 0) is 18.8 Å². The van der Waals surface area contributed by atoms with Crippen molar-refractivity contribution in [2.24, 2.45) is 5.92 Å². The Labute approximate surface area is 78.4 Å². The van der Waals surface area contributed by atoms with E-state index in [0.717, 1.165) is 18.4 Å². The molecule has 1 unspecified atom stereocenters. The molecule has 74 valence electrons. The highest BCUT2D eigenvalue weighted by Crippen LogP contribution is 2.23. The molecule has 0 amide bonds. The Morgan fingerprint density at radius 1 is 1.69 bits per heavy atom. The first kappa shape index (κ1) is 10.3. The summed E-state index contributed by atoms with van der Waals surface area (Å²) < 4.78 is 5.52. The fraction of sp³-hybridized carbons (Fsp3) is 0.700. The van der Waals surface area contributed by atoms with Crippen LogP contribution in [0.1, 0.15) is 26.7 Å². The molecule has 0 radical (unpaired) electrons. The van der Waals surface area contributed by atoms with E-state index in [1.54, 1.807) is 0 Å². The molecule has 1 rings (SSSR count). The zero-order valence-corrected chi connectivity index (χ0v) is 8.12. The Kier molecular flexibility index (Phi) is 3.48. The Bertz CT molecular complexity index is 218. The molecule has 1 aliphatic rings. The highest BCUT2D eigenvalue weighted by atomic mass is 16.5. The second-order valence-electron chi connectivity index (χ2n) is 3.75. The van der Waals surface area contributed by atoms with Crippen LogP contribution in [0.2, 0.25) is 0 Å². The number of aliphatic carboxylic acids is 1. The van der Waals surface area contributed by atoms with Gasteiger partial charge >= 0.3 is 5.97 Å². The zero-order valence-electron chi connectivity index (χ0n) is 8.12. The molecule has 3 nitrogen and oxygen atoms in total. The van der Waals surface area contributed by atoms with Crippen LogP contribution in [0.15, 0.2) is 11.6 Å². The molecule has 0 aliphatic carbocycles. The minimum atomic E-state index is -0.848. The van der Waals surface area contributed by atoms with Crippen molar-refractivity contribution in [2.45, 2.75) is 32.8 Å². The minimum absolute atomic E-state index is 0.194. The molecule has 1 fully saturated rings. The van der Waals surface area contributed by atoms with Gasteiger partial charge in [0.1, 0.15) is 0 Å². The Balaban J connectivity index is 2.56. The van der Waals surface area contributed by atoms with Crippen LogP contribution in [-0.4, -0.2) is 23.8 Å². The first-order valence-corrected chi connectivity index (χ1v) is 4.63. The number of carbonyl (C=O) groups is 1. The molecule has 13 heavy (non-hydrogen) atoms. The largest absolute Gasteiger partial charge is 0.478 e. The van der Waals surface area contributed by atoms with Crippen molar-refractivity contribution in [1.29, 1.82) is 0 Å². The van der Waals surface area contributed by atoms with Crippen LogP contribution in [0.5, 0.6) is 0 Å². The highest BCUT2D eigenvalue weighted by molar-refractivity contribution is 5.80. The van der Waals surface area contributed by atoms with E-state index in [0.29, 0.717) is 12.5 Å². The first-order valence-electron chi connectivity index (χ1n) is 4.63. The summed E-state index contributed by atoms with van der Waals surface area (Å²) in [7, 11) is 0. The van der Waals surface area contributed by atoms with Gasteiger partial charge in [-0.3, -0.25) is 0 Å². The molecule has 1 saturated heterocycles. The van der Waals surface area contributed by atoms with E-state index >= 15 is 0 Å². The van der Waals surface area contributed by atoms with Gasteiger partial charge in [-0.1, -0.05) is 19.4 Å². The molecule has 0 saturated carbocycles. The topological polar surface area (TPSA) is 46.5 Å². The normalized spacial score (nSPS) is 26.7. The summed E-state index contributed by atoms with van der Waals surface area (Å²) in [6, 6.07) is 0. The van der Waals surface area contributed by atoms with Crippen LogP contribution >= 0.6 is 0 Å². The summed E-state index contributed by atoms with van der Waals surface area (Å²) in [6.45, 7) is 4.84. The van der Waals surface area contributed by atoms with Gasteiger partial charge in [0.15, 0.2) is 0 Å². The van der Waals surface area contributed by atoms with Gasteiger partial charge in [0.2, 0.25) is 0 Å². The van der Waals surface area contributed by atoms with Gasteiger partial charge in [-0.15, -0.1) is 0 Å². The average Bonchev–Trinajstić information content (AvgIpc) is 2.03. The predicted octanol–water partition coefficient (Wildman–Crippen LogP) is 1.83. The van der Waals surface area contributed by atoms with Crippen LogP contribution in [-0.2, 0) is 9.53 Å². The van der Waals surface area contributed by atoms with Crippen molar-refractivity contribution in [3.63, 3.8) is 0 Å². The van der Waals surface area contributed by atoms with Gasteiger partial charge < -0.3 is 9.84 Å². The van der Waals surface area contributed by atoms with Crippen molar-refractivity contribution >= 4 is 5.97 Å². The lowest BCUT2D eigenvalue weighted by Gasteiger charge is -2.27. The molecule has 0 aromatic heterocycles. The van der Waals surface area contributed by atoms with Crippen molar-refractivity contribution in [1.82, 2.24) is 0 Å². The molecule has 1 heterocycles. The van der Waals surface area contributed by atoms with Crippen molar-refractivity contribution in [3.05, 3.63) is 11.6 Å². The lowest BCUT2D eigenvalue weighted by Crippen LogP contribution is -2.26. The molecular weight excluding hydrogens is 168 g/mol. The van der Waals surface area contributed by atoms with Crippen LogP contribution in [0.4, 0.5) is 0 Å². The molecule has 1 N–H and O–H groups in total. The lowest BCUT2D eigenvalue weighted by atomic mass is 9.95. The van der Waals surface area contributed by atoms with Gasteiger partial charge in [-0.2, -0.15) is 0 Å². The van der Waals surface area contributed by atoms with Gasteiger partial charge in [0.05, 0.1) is 12.7 Å². The summed E-state index contributed by atoms with van der Waals surface area (Å²) >= 11 is 0. The Hall–Kier alpha value is -0.830. The van der Waals surface area contributed by atoms with Crippen molar-refractivity contribution < 1.29 is 14.6 Å². The fourth-order valence-electron chi connectivity index (χ4n) is 1.49. The number of hydrogen-bond donors (Lipinski definition) is 1. The third-order valence-electron chi connectivity index (χ3n) is 2.29. The van der Waals surface area contributed by atoms with E-state index in [1.807, 2.05) is 0 Å². The maximum absolute atomic E-state index is 10.4. The van der Waals surface area contributed by atoms with Crippen LogP contribution < -0.4 is 0 Å². The van der Waals surface area contributed by atoms with Crippen LogP contribution in [0.3, 0.4) is 0 Å². The maximum atomic E-state index is 10.4.